The van der Waals surface area contributed by atoms with Crippen LogP contribution < -0.4 is 10.6 Å². The Bertz CT molecular complexity index is 281. The van der Waals surface area contributed by atoms with Crippen LogP contribution in [0.5, 0.6) is 0 Å². The van der Waals surface area contributed by atoms with E-state index in [4.69, 9.17) is 0 Å². The molecule has 1 aromatic heterocycles. The minimum absolute atomic E-state index is 0.0163. The van der Waals surface area contributed by atoms with Gasteiger partial charge in [-0.2, -0.15) is 0 Å². The molecule has 0 aromatic carbocycles. The predicted molar refractivity (Wildman–Crippen MR) is 50.5 cm³/mol. The molecule has 0 aliphatic heterocycles. The molecule has 0 atom stereocenters. The van der Waals surface area contributed by atoms with Gasteiger partial charge in [-0.3, -0.25) is 4.79 Å². The average Bonchev–Trinajstić information content (AvgIpc) is 2.45. The van der Waals surface area contributed by atoms with Gasteiger partial charge in [-0.1, -0.05) is 0 Å². The van der Waals surface area contributed by atoms with Gasteiger partial charge >= 0.3 is 0 Å². The summed E-state index contributed by atoms with van der Waals surface area (Å²) in [6.07, 6.45) is 1.75. The number of hydrogen-bond acceptors (Lipinski definition) is 3. The van der Waals surface area contributed by atoms with Crippen molar-refractivity contribution in [2.24, 2.45) is 0 Å². The van der Waals surface area contributed by atoms with Gasteiger partial charge in [-0.15, -0.1) is 0 Å². The highest BCUT2D eigenvalue weighted by molar-refractivity contribution is 5.72. The molecule has 0 fully saturated rings. The summed E-state index contributed by atoms with van der Waals surface area (Å²) < 4.78 is 0. The number of aromatic nitrogens is 2. The SMILES string of the molecule is CC(=O)NCCNc1ncc(C)[nH]1. The number of H-pyrrole nitrogens is 1. The van der Waals surface area contributed by atoms with E-state index < -0.39 is 0 Å². The summed E-state index contributed by atoms with van der Waals surface area (Å²) in [6.45, 7) is 4.71. The summed E-state index contributed by atoms with van der Waals surface area (Å²) in [4.78, 5) is 17.6. The Hall–Kier alpha value is -1.52. The van der Waals surface area contributed by atoms with Crippen molar-refractivity contribution in [1.82, 2.24) is 15.3 Å². The molecule has 1 amide bonds. The number of amides is 1. The van der Waals surface area contributed by atoms with E-state index in [1.54, 1.807) is 6.20 Å². The van der Waals surface area contributed by atoms with E-state index in [1.807, 2.05) is 6.92 Å². The largest absolute Gasteiger partial charge is 0.355 e. The van der Waals surface area contributed by atoms with Gasteiger partial charge in [0.15, 0.2) is 5.95 Å². The molecule has 13 heavy (non-hydrogen) atoms. The van der Waals surface area contributed by atoms with Crippen molar-refractivity contribution < 1.29 is 4.79 Å². The van der Waals surface area contributed by atoms with Crippen LogP contribution in [0.2, 0.25) is 0 Å². The van der Waals surface area contributed by atoms with E-state index in [2.05, 4.69) is 20.6 Å². The van der Waals surface area contributed by atoms with Crippen molar-refractivity contribution in [3.05, 3.63) is 11.9 Å². The number of rotatable bonds is 4. The molecule has 0 saturated carbocycles. The molecule has 5 nitrogen and oxygen atoms in total. The molecular weight excluding hydrogens is 168 g/mol. The lowest BCUT2D eigenvalue weighted by Gasteiger charge is -2.02. The Morgan fingerprint density at radius 2 is 2.38 bits per heavy atom. The van der Waals surface area contributed by atoms with Crippen molar-refractivity contribution in [2.45, 2.75) is 13.8 Å². The van der Waals surface area contributed by atoms with E-state index in [1.165, 1.54) is 6.92 Å². The maximum atomic E-state index is 10.5. The summed E-state index contributed by atoms with van der Waals surface area (Å²) in [5.41, 5.74) is 1.02. The van der Waals surface area contributed by atoms with Crippen LogP contribution in [-0.4, -0.2) is 29.0 Å². The van der Waals surface area contributed by atoms with Gasteiger partial charge in [0.05, 0.1) is 0 Å². The summed E-state index contributed by atoms with van der Waals surface area (Å²) in [7, 11) is 0. The number of anilines is 1. The monoisotopic (exact) mass is 182 g/mol. The van der Waals surface area contributed by atoms with E-state index >= 15 is 0 Å². The lowest BCUT2D eigenvalue weighted by Crippen LogP contribution is -2.26. The number of carbonyl (C=O) groups excluding carboxylic acids is 1. The maximum Gasteiger partial charge on any atom is 0.216 e. The number of nitrogens with zero attached hydrogens (tertiary/aromatic N) is 1. The Labute approximate surface area is 76.9 Å². The smallest absolute Gasteiger partial charge is 0.216 e. The first-order valence-electron chi connectivity index (χ1n) is 4.18. The van der Waals surface area contributed by atoms with Crippen LogP contribution in [0.4, 0.5) is 5.95 Å². The van der Waals surface area contributed by atoms with Gasteiger partial charge in [0.1, 0.15) is 0 Å². The minimum atomic E-state index is -0.0163. The van der Waals surface area contributed by atoms with Gasteiger partial charge in [-0.25, -0.2) is 4.98 Å². The van der Waals surface area contributed by atoms with Gasteiger partial charge in [0.2, 0.25) is 5.91 Å². The van der Waals surface area contributed by atoms with Crippen LogP contribution in [0, 0.1) is 6.92 Å². The Kier molecular flexibility index (Phi) is 3.31. The highest BCUT2D eigenvalue weighted by Crippen LogP contribution is 1.98. The molecule has 1 heterocycles. The lowest BCUT2D eigenvalue weighted by atomic mass is 10.6. The topological polar surface area (TPSA) is 69.8 Å². The van der Waals surface area contributed by atoms with E-state index in [0.717, 1.165) is 11.6 Å². The number of nitrogens with one attached hydrogen (secondary N) is 3. The average molecular weight is 182 g/mol. The molecule has 3 N–H and O–H groups in total. The first kappa shape index (κ1) is 9.57. The zero-order valence-corrected chi connectivity index (χ0v) is 7.85. The van der Waals surface area contributed by atoms with Crippen LogP contribution in [0.15, 0.2) is 6.20 Å². The maximum absolute atomic E-state index is 10.5. The summed E-state index contributed by atoms with van der Waals surface area (Å²) in [5, 5.41) is 5.72. The highest BCUT2D eigenvalue weighted by atomic mass is 16.1. The molecule has 0 radical (unpaired) electrons. The molecule has 0 spiro atoms. The Balaban J connectivity index is 2.16. The molecule has 1 aromatic rings. The molecule has 0 aliphatic rings. The minimum Gasteiger partial charge on any atom is -0.355 e. The molecule has 72 valence electrons. The Morgan fingerprint density at radius 3 is 2.92 bits per heavy atom. The first-order valence-corrected chi connectivity index (χ1v) is 4.18. The number of aryl methyl sites for hydroxylation is 1. The van der Waals surface area contributed by atoms with Crippen molar-refractivity contribution in [2.75, 3.05) is 18.4 Å². The number of hydrogen-bond donors (Lipinski definition) is 3. The number of imidazole rings is 1. The van der Waals surface area contributed by atoms with Crippen molar-refractivity contribution in [1.29, 1.82) is 0 Å². The third kappa shape index (κ3) is 3.59. The van der Waals surface area contributed by atoms with Crippen molar-refractivity contribution in [3.63, 3.8) is 0 Å². The molecule has 5 heteroatoms. The third-order valence-corrected chi connectivity index (χ3v) is 1.49. The molecule has 1 rings (SSSR count). The fourth-order valence-electron chi connectivity index (χ4n) is 0.922. The second kappa shape index (κ2) is 4.49. The van der Waals surface area contributed by atoms with E-state index in [9.17, 15) is 4.79 Å². The predicted octanol–water partition coefficient (Wildman–Crippen LogP) is 0.266. The van der Waals surface area contributed by atoms with Crippen molar-refractivity contribution in [3.8, 4) is 0 Å². The van der Waals surface area contributed by atoms with E-state index in [-0.39, 0.29) is 5.91 Å². The molecular formula is C8H14N4O. The fourth-order valence-corrected chi connectivity index (χ4v) is 0.922. The van der Waals surface area contributed by atoms with Crippen LogP contribution in [0.1, 0.15) is 12.6 Å². The summed E-state index contributed by atoms with van der Waals surface area (Å²) in [6, 6.07) is 0. The molecule has 0 unspecified atom stereocenters. The summed E-state index contributed by atoms with van der Waals surface area (Å²) in [5.74, 6) is 0.722. The second-order valence-corrected chi connectivity index (χ2v) is 2.82. The van der Waals surface area contributed by atoms with E-state index in [0.29, 0.717) is 13.1 Å². The van der Waals surface area contributed by atoms with Gasteiger partial charge in [0, 0.05) is 31.9 Å². The Morgan fingerprint density at radius 1 is 1.62 bits per heavy atom. The van der Waals surface area contributed by atoms with Crippen LogP contribution in [0.3, 0.4) is 0 Å². The van der Waals surface area contributed by atoms with Crippen molar-refractivity contribution >= 4 is 11.9 Å². The molecule has 0 bridgehead atoms. The van der Waals surface area contributed by atoms with Crippen LogP contribution in [-0.2, 0) is 4.79 Å². The van der Waals surface area contributed by atoms with Gasteiger partial charge in [0.25, 0.3) is 0 Å². The quantitative estimate of drug-likeness (QED) is 0.585. The van der Waals surface area contributed by atoms with Gasteiger partial charge in [-0.05, 0) is 6.92 Å². The number of aromatic amines is 1. The molecule has 0 saturated heterocycles. The second-order valence-electron chi connectivity index (χ2n) is 2.82. The highest BCUT2D eigenvalue weighted by Gasteiger charge is 1.95. The fraction of sp³-hybridized carbons (Fsp3) is 0.500. The van der Waals surface area contributed by atoms with Gasteiger partial charge < -0.3 is 15.6 Å². The van der Waals surface area contributed by atoms with Crippen LogP contribution >= 0.6 is 0 Å². The first-order chi connectivity index (χ1) is 6.18. The summed E-state index contributed by atoms with van der Waals surface area (Å²) >= 11 is 0. The third-order valence-electron chi connectivity index (χ3n) is 1.49. The lowest BCUT2D eigenvalue weighted by molar-refractivity contribution is -0.118. The number of carbonyl (C=O) groups is 1. The standard InChI is InChI=1S/C8H14N4O/c1-6-5-11-8(12-6)10-4-3-9-7(2)13/h5H,3-4H2,1-2H3,(H,9,13)(H2,10,11,12). The zero-order valence-electron chi connectivity index (χ0n) is 7.85. The zero-order chi connectivity index (χ0) is 9.68. The normalized spacial score (nSPS) is 9.69. The van der Waals surface area contributed by atoms with Crippen LogP contribution in [0.25, 0.3) is 0 Å². The molecule has 0 aliphatic carbocycles.